The molecule has 0 bridgehead atoms. The van der Waals surface area contributed by atoms with Crippen molar-refractivity contribution in [1.29, 1.82) is 0 Å². The molecule has 5 heteroatoms. The predicted molar refractivity (Wildman–Crippen MR) is 97.1 cm³/mol. The standard InChI is InChI=1S/C18H19ClN4/c1-12(2)21-18-22-16-6-4-3-5-15(16)17(23-18)20-11-13-7-9-14(19)10-8-13/h3-10,12H,11H2,1-2H3,(H2,20,21,22,23). The molecular weight excluding hydrogens is 308 g/mol. The van der Waals surface area contributed by atoms with Crippen molar-refractivity contribution in [2.24, 2.45) is 0 Å². The first-order chi connectivity index (χ1) is 11.1. The van der Waals surface area contributed by atoms with E-state index < -0.39 is 0 Å². The number of hydrogen-bond acceptors (Lipinski definition) is 4. The first-order valence-corrected chi connectivity index (χ1v) is 8.01. The molecule has 0 radical (unpaired) electrons. The summed E-state index contributed by atoms with van der Waals surface area (Å²) in [4.78, 5) is 9.18. The Bertz CT molecular complexity index is 800. The Balaban J connectivity index is 1.89. The van der Waals surface area contributed by atoms with Crippen LogP contribution in [0.3, 0.4) is 0 Å². The van der Waals surface area contributed by atoms with E-state index in [1.54, 1.807) is 0 Å². The van der Waals surface area contributed by atoms with Crippen LogP contribution in [0.2, 0.25) is 5.02 Å². The minimum Gasteiger partial charge on any atom is -0.365 e. The molecule has 3 rings (SSSR count). The van der Waals surface area contributed by atoms with Gasteiger partial charge in [-0.25, -0.2) is 4.98 Å². The summed E-state index contributed by atoms with van der Waals surface area (Å²) in [5.74, 6) is 1.46. The fourth-order valence-corrected chi connectivity index (χ4v) is 2.45. The maximum Gasteiger partial charge on any atom is 0.225 e. The molecule has 2 aromatic carbocycles. The van der Waals surface area contributed by atoms with E-state index in [1.165, 1.54) is 0 Å². The monoisotopic (exact) mass is 326 g/mol. The lowest BCUT2D eigenvalue weighted by Crippen LogP contribution is -2.14. The van der Waals surface area contributed by atoms with Crippen LogP contribution < -0.4 is 10.6 Å². The molecule has 0 saturated carbocycles. The van der Waals surface area contributed by atoms with Gasteiger partial charge in [0.25, 0.3) is 0 Å². The molecule has 2 N–H and O–H groups in total. The maximum atomic E-state index is 5.93. The molecule has 0 fully saturated rings. The number of anilines is 2. The number of nitrogens with one attached hydrogen (secondary N) is 2. The van der Waals surface area contributed by atoms with E-state index in [1.807, 2.05) is 48.5 Å². The van der Waals surface area contributed by atoms with E-state index >= 15 is 0 Å². The summed E-state index contributed by atoms with van der Waals surface area (Å²) in [6, 6.07) is 16.1. The number of fused-ring (bicyclic) bond motifs is 1. The van der Waals surface area contributed by atoms with E-state index in [9.17, 15) is 0 Å². The lowest BCUT2D eigenvalue weighted by molar-refractivity contribution is 0.877. The van der Waals surface area contributed by atoms with Crippen molar-refractivity contribution in [3.8, 4) is 0 Å². The molecule has 0 aliphatic rings. The van der Waals surface area contributed by atoms with E-state index in [0.29, 0.717) is 12.5 Å². The van der Waals surface area contributed by atoms with Gasteiger partial charge in [0.1, 0.15) is 5.82 Å². The van der Waals surface area contributed by atoms with E-state index in [-0.39, 0.29) is 6.04 Å². The van der Waals surface area contributed by atoms with Gasteiger partial charge in [-0.3, -0.25) is 0 Å². The van der Waals surface area contributed by atoms with Crippen LogP contribution in [0, 0.1) is 0 Å². The van der Waals surface area contributed by atoms with Crippen LogP contribution in [0.4, 0.5) is 11.8 Å². The summed E-state index contributed by atoms with van der Waals surface area (Å²) in [7, 11) is 0. The molecule has 0 atom stereocenters. The number of aromatic nitrogens is 2. The third-order valence-electron chi connectivity index (χ3n) is 3.39. The van der Waals surface area contributed by atoms with Gasteiger partial charge in [0.2, 0.25) is 5.95 Å². The highest BCUT2D eigenvalue weighted by molar-refractivity contribution is 6.30. The molecule has 0 saturated heterocycles. The summed E-state index contributed by atoms with van der Waals surface area (Å²) >= 11 is 5.93. The summed E-state index contributed by atoms with van der Waals surface area (Å²) in [5, 5.41) is 8.42. The molecule has 23 heavy (non-hydrogen) atoms. The van der Waals surface area contributed by atoms with Crippen molar-refractivity contribution < 1.29 is 0 Å². The van der Waals surface area contributed by atoms with Crippen LogP contribution in [0.5, 0.6) is 0 Å². The van der Waals surface area contributed by atoms with Crippen LogP contribution in [0.15, 0.2) is 48.5 Å². The Morgan fingerprint density at radius 2 is 1.74 bits per heavy atom. The van der Waals surface area contributed by atoms with Crippen molar-refractivity contribution in [2.45, 2.75) is 26.4 Å². The summed E-state index contributed by atoms with van der Waals surface area (Å²) in [6.45, 7) is 4.82. The Kier molecular flexibility index (Phi) is 4.63. The first kappa shape index (κ1) is 15.6. The van der Waals surface area contributed by atoms with Crippen LogP contribution in [-0.4, -0.2) is 16.0 Å². The second-order valence-corrected chi connectivity index (χ2v) is 6.13. The van der Waals surface area contributed by atoms with Gasteiger partial charge in [0.15, 0.2) is 0 Å². The molecule has 1 aromatic heterocycles. The predicted octanol–water partition coefficient (Wildman–Crippen LogP) is 4.72. The highest BCUT2D eigenvalue weighted by atomic mass is 35.5. The average molecular weight is 327 g/mol. The summed E-state index contributed by atoms with van der Waals surface area (Å²) in [5.41, 5.74) is 2.07. The number of benzene rings is 2. The minimum absolute atomic E-state index is 0.278. The van der Waals surface area contributed by atoms with Gasteiger partial charge in [-0.15, -0.1) is 0 Å². The van der Waals surface area contributed by atoms with Crippen molar-refractivity contribution in [2.75, 3.05) is 10.6 Å². The van der Waals surface area contributed by atoms with Crippen molar-refractivity contribution in [3.05, 3.63) is 59.1 Å². The zero-order valence-electron chi connectivity index (χ0n) is 13.2. The average Bonchev–Trinajstić information content (AvgIpc) is 2.53. The quantitative estimate of drug-likeness (QED) is 0.712. The molecule has 118 valence electrons. The number of halogens is 1. The number of rotatable bonds is 5. The highest BCUT2D eigenvalue weighted by Crippen LogP contribution is 2.23. The molecule has 0 aliphatic heterocycles. The van der Waals surface area contributed by atoms with Gasteiger partial charge in [0.05, 0.1) is 5.52 Å². The van der Waals surface area contributed by atoms with Crippen molar-refractivity contribution in [3.63, 3.8) is 0 Å². The molecule has 3 aromatic rings. The smallest absolute Gasteiger partial charge is 0.225 e. The molecule has 0 unspecified atom stereocenters. The number of hydrogen-bond donors (Lipinski definition) is 2. The SMILES string of the molecule is CC(C)Nc1nc(NCc2ccc(Cl)cc2)c2ccccc2n1. The summed E-state index contributed by atoms with van der Waals surface area (Å²) in [6.07, 6.45) is 0. The lowest BCUT2D eigenvalue weighted by atomic mass is 10.2. The Morgan fingerprint density at radius 1 is 1.00 bits per heavy atom. The van der Waals surface area contributed by atoms with Gasteiger partial charge in [-0.2, -0.15) is 4.98 Å². The molecule has 0 aliphatic carbocycles. The van der Waals surface area contributed by atoms with Crippen LogP contribution in [0.25, 0.3) is 10.9 Å². The third kappa shape index (κ3) is 3.90. The Morgan fingerprint density at radius 3 is 2.48 bits per heavy atom. The second-order valence-electron chi connectivity index (χ2n) is 5.69. The van der Waals surface area contributed by atoms with Crippen LogP contribution >= 0.6 is 11.6 Å². The second kappa shape index (κ2) is 6.84. The van der Waals surface area contributed by atoms with Gasteiger partial charge >= 0.3 is 0 Å². The lowest BCUT2D eigenvalue weighted by Gasteiger charge is -2.13. The number of para-hydroxylation sites is 1. The minimum atomic E-state index is 0.278. The van der Waals surface area contributed by atoms with E-state index in [2.05, 4.69) is 34.4 Å². The van der Waals surface area contributed by atoms with E-state index in [4.69, 9.17) is 11.6 Å². The van der Waals surface area contributed by atoms with Gasteiger partial charge in [-0.05, 0) is 43.7 Å². The Labute approximate surface area is 140 Å². The maximum absolute atomic E-state index is 5.93. The number of nitrogens with zero attached hydrogens (tertiary/aromatic N) is 2. The topological polar surface area (TPSA) is 49.8 Å². The largest absolute Gasteiger partial charge is 0.365 e. The van der Waals surface area contributed by atoms with Gasteiger partial charge < -0.3 is 10.6 Å². The fourth-order valence-electron chi connectivity index (χ4n) is 2.32. The van der Waals surface area contributed by atoms with Crippen molar-refractivity contribution >= 4 is 34.3 Å². The zero-order chi connectivity index (χ0) is 16.2. The fraction of sp³-hybridized carbons (Fsp3) is 0.222. The summed E-state index contributed by atoms with van der Waals surface area (Å²) < 4.78 is 0. The van der Waals surface area contributed by atoms with E-state index in [0.717, 1.165) is 27.3 Å². The van der Waals surface area contributed by atoms with Crippen LogP contribution in [0.1, 0.15) is 19.4 Å². The Hall–Kier alpha value is -2.33. The highest BCUT2D eigenvalue weighted by Gasteiger charge is 2.08. The molecular formula is C18H19ClN4. The molecule has 4 nitrogen and oxygen atoms in total. The molecule has 1 heterocycles. The van der Waals surface area contributed by atoms with Crippen molar-refractivity contribution in [1.82, 2.24) is 9.97 Å². The third-order valence-corrected chi connectivity index (χ3v) is 3.65. The zero-order valence-corrected chi connectivity index (χ0v) is 13.9. The first-order valence-electron chi connectivity index (χ1n) is 7.63. The normalized spacial score (nSPS) is 11.0. The van der Waals surface area contributed by atoms with Gasteiger partial charge in [-0.1, -0.05) is 35.9 Å². The molecule has 0 amide bonds. The molecule has 0 spiro atoms. The van der Waals surface area contributed by atoms with Gasteiger partial charge in [0, 0.05) is 23.0 Å². The van der Waals surface area contributed by atoms with Crippen LogP contribution in [-0.2, 0) is 6.54 Å².